The topological polar surface area (TPSA) is 22.3 Å². The van der Waals surface area contributed by atoms with Crippen molar-refractivity contribution in [2.24, 2.45) is 5.92 Å². The highest BCUT2D eigenvalue weighted by molar-refractivity contribution is 5.09. The van der Waals surface area contributed by atoms with Crippen LogP contribution in [-0.2, 0) is 16.0 Å². The third kappa shape index (κ3) is 6.74. The molecule has 3 nitrogen and oxygen atoms in total. The van der Waals surface area contributed by atoms with E-state index >= 15 is 0 Å². The first-order chi connectivity index (χ1) is 11.8. The minimum absolute atomic E-state index is 0.209. The minimum Gasteiger partial charge on any atom is -0.348 e. The predicted molar refractivity (Wildman–Crippen MR) is 97.6 cm³/mol. The smallest absolute Gasteiger partial charge is 0.184 e. The maximum absolute atomic E-state index is 5.89. The van der Waals surface area contributed by atoms with Crippen molar-refractivity contribution in [3.05, 3.63) is 42.2 Å². The molecule has 24 heavy (non-hydrogen) atoms. The van der Waals surface area contributed by atoms with Crippen LogP contribution in [0.5, 0.6) is 0 Å². The molecule has 0 atom stereocenters. The van der Waals surface area contributed by atoms with Crippen LogP contribution >= 0.6 is 0 Å². The molecule has 3 heteroatoms. The molecule has 0 bridgehead atoms. The van der Waals surface area contributed by atoms with Gasteiger partial charge in [0.2, 0.25) is 0 Å². The lowest BCUT2D eigenvalue weighted by Gasteiger charge is -2.27. The molecule has 1 fully saturated rings. The van der Waals surface area contributed by atoms with Gasteiger partial charge < -0.3 is 9.47 Å². The first-order valence-corrected chi connectivity index (χ1v) is 9.72. The molecule has 2 rings (SSSR count). The van der Waals surface area contributed by atoms with Gasteiger partial charge in [0.15, 0.2) is 18.7 Å². The number of hydrogen-bond acceptors (Lipinski definition) is 2. The van der Waals surface area contributed by atoms with E-state index in [4.69, 9.17) is 9.47 Å². The van der Waals surface area contributed by atoms with Gasteiger partial charge in [-0.05, 0) is 19.8 Å². The van der Waals surface area contributed by atoms with Crippen molar-refractivity contribution >= 4 is 0 Å². The second-order valence-electron chi connectivity index (χ2n) is 6.71. The standard InChI is InChI=1S/C21H34NO2/c1-3-5-6-7-8-9-10-11-12-19-17-23-21(24-18-19)20-13-15-22(4-2)16-14-20/h11-16,19,21H,3-10,17-18H2,1-2H3/q+1/b12-11+. The number of aryl methyl sites for hydroxylation is 1. The zero-order valence-electron chi connectivity index (χ0n) is 15.5. The van der Waals surface area contributed by atoms with Gasteiger partial charge in [-0.15, -0.1) is 0 Å². The van der Waals surface area contributed by atoms with Gasteiger partial charge in [-0.3, -0.25) is 0 Å². The second kappa shape index (κ2) is 11.4. The number of rotatable bonds is 10. The Balaban J connectivity index is 1.61. The molecule has 0 aromatic carbocycles. The van der Waals surface area contributed by atoms with Gasteiger partial charge in [0, 0.05) is 23.6 Å². The van der Waals surface area contributed by atoms with Gasteiger partial charge in [-0.1, -0.05) is 51.2 Å². The van der Waals surface area contributed by atoms with Gasteiger partial charge >= 0.3 is 0 Å². The summed E-state index contributed by atoms with van der Waals surface area (Å²) in [5.41, 5.74) is 1.11. The number of hydrogen-bond donors (Lipinski definition) is 0. The molecule has 0 N–H and O–H groups in total. The average molecular weight is 333 g/mol. The van der Waals surface area contributed by atoms with Crippen LogP contribution in [0.15, 0.2) is 36.7 Å². The third-order valence-electron chi connectivity index (χ3n) is 4.61. The van der Waals surface area contributed by atoms with Crippen LogP contribution < -0.4 is 4.57 Å². The number of pyridine rings is 1. The lowest BCUT2D eigenvalue weighted by Crippen LogP contribution is -2.32. The van der Waals surface area contributed by atoms with E-state index in [0.717, 1.165) is 25.3 Å². The molecule has 0 unspecified atom stereocenters. The number of unbranched alkanes of at least 4 members (excludes halogenated alkanes) is 6. The Morgan fingerprint density at radius 3 is 2.33 bits per heavy atom. The van der Waals surface area contributed by atoms with E-state index in [0.29, 0.717) is 5.92 Å². The third-order valence-corrected chi connectivity index (χ3v) is 4.61. The Hall–Kier alpha value is -1.19. The van der Waals surface area contributed by atoms with E-state index < -0.39 is 0 Å². The number of nitrogens with zero attached hydrogens (tertiary/aromatic N) is 1. The minimum atomic E-state index is -0.209. The summed E-state index contributed by atoms with van der Waals surface area (Å²) in [6, 6.07) is 4.17. The molecule has 0 amide bonds. The van der Waals surface area contributed by atoms with Crippen LogP contribution in [0.3, 0.4) is 0 Å². The Labute approximate surface area is 147 Å². The Morgan fingerprint density at radius 1 is 1.00 bits per heavy atom. The molecule has 0 spiro atoms. The highest BCUT2D eigenvalue weighted by Gasteiger charge is 2.22. The van der Waals surface area contributed by atoms with Crippen molar-refractivity contribution in [1.82, 2.24) is 0 Å². The Morgan fingerprint density at radius 2 is 1.67 bits per heavy atom. The van der Waals surface area contributed by atoms with Crippen LogP contribution in [0.25, 0.3) is 0 Å². The number of aromatic nitrogens is 1. The van der Waals surface area contributed by atoms with E-state index in [2.05, 4.69) is 55.1 Å². The van der Waals surface area contributed by atoms with E-state index in [-0.39, 0.29) is 6.29 Å². The molecule has 2 heterocycles. The van der Waals surface area contributed by atoms with Crippen molar-refractivity contribution in [2.45, 2.75) is 71.6 Å². The fraction of sp³-hybridized carbons (Fsp3) is 0.667. The van der Waals surface area contributed by atoms with Crippen molar-refractivity contribution in [3.63, 3.8) is 0 Å². The van der Waals surface area contributed by atoms with Gasteiger partial charge in [0.05, 0.1) is 13.2 Å². The van der Waals surface area contributed by atoms with Crippen molar-refractivity contribution in [3.8, 4) is 0 Å². The maximum atomic E-state index is 5.89. The molecular formula is C21H34NO2+. The molecule has 0 radical (unpaired) electrons. The predicted octanol–water partition coefficient (Wildman–Crippen LogP) is 4.96. The summed E-state index contributed by atoms with van der Waals surface area (Å²) in [5, 5.41) is 0. The normalized spacial score (nSPS) is 21.4. The van der Waals surface area contributed by atoms with Gasteiger partial charge in [0.1, 0.15) is 6.54 Å². The summed E-state index contributed by atoms with van der Waals surface area (Å²) in [5.74, 6) is 0.394. The molecular weight excluding hydrogens is 298 g/mol. The molecule has 1 saturated heterocycles. The summed E-state index contributed by atoms with van der Waals surface area (Å²) < 4.78 is 13.9. The highest BCUT2D eigenvalue weighted by Crippen LogP contribution is 2.25. The van der Waals surface area contributed by atoms with Crippen molar-refractivity contribution in [1.29, 1.82) is 0 Å². The quantitative estimate of drug-likeness (QED) is 0.343. The Bertz CT molecular complexity index is 461. The van der Waals surface area contributed by atoms with Gasteiger partial charge in [-0.25, -0.2) is 4.57 Å². The largest absolute Gasteiger partial charge is 0.348 e. The summed E-state index contributed by atoms with van der Waals surface area (Å²) in [6.45, 7) is 6.88. The van der Waals surface area contributed by atoms with Crippen LogP contribution in [0.1, 0.15) is 70.6 Å². The summed E-state index contributed by atoms with van der Waals surface area (Å²) >= 11 is 0. The van der Waals surface area contributed by atoms with Gasteiger partial charge in [0.25, 0.3) is 0 Å². The molecule has 1 aliphatic heterocycles. The molecule has 134 valence electrons. The number of allylic oxidation sites excluding steroid dienone is 1. The van der Waals surface area contributed by atoms with E-state index in [1.165, 1.54) is 44.9 Å². The van der Waals surface area contributed by atoms with Crippen molar-refractivity contribution in [2.75, 3.05) is 13.2 Å². The zero-order chi connectivity index (χ0) is 17.0. The van der Waals surface area contributed by atoms with Crippen LogP contribution in [0, 0.1) is 5.92 Å². The highest BCUT2D eigenvalue weighted by atomic mass is 16.7. The van der Waals surface area contributed by atoms with E-state index in [1.54, 1.807) is 0 Å². The van der Waals surface area contributed by atoms with Crippen LogP contribution in [0.2, 0.25) is 0 Å². The second-order valence-corrected chi connectivity index (χ2v) is 6.71. The first kappa shape index (κ1) is 19.1. The fourth-order valence-electron chi connectivity index (χ4n) is 2.99. The molecule has 1 aromatic heterocycles. The summed E-state index contributed by atoms with van der Waals surface area (Å²) in [4.78, 5) is 0. The van der Waals surface area contributed by atoms with Crippen LogP contribution in [-0.4, -0.2) is 13.2 Å². The van der Waals surface area contributed by atoms with Crippen molar-refractivity contribution < 1.29 is 14.0 Å². The maximum Gasteiger partial charge on any atom is 0.184 e. The first-order valence-electron chi connectivity index (χ1n) is 9.72. The van der Waals surface area contributed by atoms with Gasteiger partial charge in [-0.2, -0.15) is 0 Å². The molecule has 0 aliphatic carbocycles. The fourth-order valence-corrected chi connectivity index (χ4v) is 2.99. The molecule has 1 aromatic rings. The van der Waals surface area contributed by atoms with E-state index in [9.17, 15) is 0 Å². The lowest BCUT2D eigenvalue weighted by molar-refractivity contribution is -0.693. The summed E-state index contributed by atoms with van der Waals surface area (Å²) in [7, 11) is 0. The van der Waals surface area contributed by atoms with Crippen LogP contribution in [0.4, 0.5) is 0 Å². The monoisotopic (exact) mass is 332 g/mol. The molecule has 0 saturated carbocycles. The number of ether oxygens (including phenoxy) is 2. The summed E-state index contributed by atoms with van der Waals surface area (Å²) in [6.07, 6.45) is 17.9. The zero-order valence-corrected chi connectivity index (χ0v) is 15.5. The SMILES string of the molecule is CCCCCCCC/C=C/C1COC(c2cc[n+](CC)cc2)OC1. The molecule has 1 aliphatic rings. The lowest BCUT2D eigenvalue weighted by atomic mass is 10.1. The average Bonchev–Trinajstić information content (AvgIpc) is 2.64. The van der Waals surface area contributed by atoms with E-state index in [1.807, 2.05) is 0 Å². The Kier molecular flexibility index (Phi) is 9.07.